The first kappa shape index (κ1) is 14.3. The van der Waals surface area contributed by atoms with E-state index in [0.29, 0.717) is 6.54 Å². The summed E-state index contributed by atoms with van der Waals surface area (Å²) in [4.78, 5) is 19.0. The number of fused-ring (bicyclic) bond motifs is 1. The van der Waals surface area contributed by atoms with Gasteiger partial charge in [-0.25, -0.2) is 4.98 Å². The average Bonchev–Trinajstić information content (AvgIpc) is 3.17. The molecule has 1 saturated heterocycles. The Labute approximate surface area is 137 Å². The third-order valence-electron chi connectivity index (χ3n) is 4.39. The number of imidazole rings is 1. The predicted octanol–water partition coefficient (Wildman–Crippen LogP) is 3.36. The Bertz CT molecular complexity index is 809. The highest BCUT2D eigenvalue weighted by Gasteiger charge is 2.25. The molecule has 1 fully saturated rings. The van der Waals surface area contributed by atoms with Gasteiger partial charge in [0.05, 0.1) is 11.6 Å². The fourth-order valence-corrected chi connectivity index (χ4v) is 3.82. The number of hydrogen-bond donors (Lipinski definition) is 1. The standard InChI is InChI=1S/C17H17N3O2S/c21-16(22)13-2-1-7-19(10-13)14-5-3-12(4-6-14)15-11-20-8-9-23-17(20)18-15/h3-6,8-9,11,13H,1-2,7,10H2,(H,21,22). The van der Waals surface area contributed by atoms with Gasteiger partial charge in [-0.2, -0.15) is 0 Å². The lowest BCUT2D eigenvalue weighted by molar-refractivity contribution is -0.141. The van der Waals surface area contributed by atoms with Crippen LogP contribution in [0.25, 0.3) is 16.2 Å². The molecule has 1 aliphatic heterocycles. The van der Waals surface area contributed by atoms with Crippen LogP contribution in [0.1, 0.15) is 12.8 Å². The highest BCUT2D eigenvalue weighted by molar-refractivity contribution is 7.15. The second-order valence-corrected chi connectivity index (χ2v) is 6.76. The first-order valence-corrected chi connectivity index (χ1v) is 8.59. The van der Waals surface area contributed by atoms with Crippen molar-refractivity contribution in [1.29, 1.82) is 0 Å². The lowest BCUT2D eigenvalue weighted by Crippen LogP contribution is -2.38. The van der Waals surface area contributed by atoms with E-state index in [1.165, 1.54) is 0 Å². The SMILES string of the molecule is O=C(O)C1CCCN(c2ccc(-c3cn4ccsc4n3)cc2)C1. The Morgan fingerprint density at radius 2 is 2.13 bits per heavy atom. The van der Waals surface area contributed by atoms with E-state index in [-0.39, 0.29) is 5.92 Å². The zero-order valence-corrected chi connectivity index (χ0v) is 13.4. The van der Waals surface area contributed by atoms with Gasteiger partial charge in [-0.1, -0.05) is 12.1 Å². The molecule has 3 heterocycles. The number of piperidine rings is 1. The van der Waals surface area contributed by atoms with Gasteiger partial charge in [-0.05, 0) is 25.0 Å². The summed E-state index contributed by atoms with van der Waals surface area (Å²) in [7, 11) is 0. The lowest BCUT2D eigenvalue weighted by atomic mass is 9.97. The van der Waals surface area contributed by atoms with E-state index >= 15 is 0 Å². The van der Waals surface area contributed by atoms with E-state index in [2.05, 4.69) is 34.1 Å². The number of hydrogen-bond acceptors (Lipinski definition) is 4. The van der Waals surface area contributed by atoms with Crippen molar-refractivity contribution in [3.05, 3.63) is 42.0 Å². The molecule has 1 N–H and O–H groups in total. The topological polar surface area (TPSA) is 57.8 Å². The molecule has 1 atom stereocenters. The summed E-state index contributed by atoms with van der Waals surface area (Å²) in [5, 5.41) is 11.2. The Balaban J connectivity index is 1.55. The van der Waals surface area contributed by atoms with Gasteiger partial charge in [0.2, 0.25) is 0 Å². The fourth-order valence-electron chi connectivity index (χ4n) is 3.12. The van der Waals surface area contributed by atoms with Crippen LogP contribution in [0.5, 0.6) is 0 Å². The summed E-state index contributed by atoms with van der Waals surface area (Å²) in [5.74, 6) is -0.951. The first-order valence-electron chi connectivity index (χ1n) is 7.71. The van der Waals surface area contributed by atoms with Gasteiger partial charge in [0.25, 0.3) is 0 Å². The summed E-state index contributed by atoms with van der Waals surface area (Å²) >= 11 is 1.62. The zero-order valence-electron chi connectivity index (χ0n) is 12.6. The summed E-state index contributed by atoms with van der Waals surface area (Å²) in [6.45, 7) is 1.51. The van der Waals surface area contributed by atoms with E-state index in [4.69, 9.17) is 0 Å². The van der Waals surface area contributed by atoms with Crippen LogP contribution in [0.2, 0.25) is 0 Å². The maximum Gasteiger partial charge on any atom is 0.308 e. The van der Waals surface area contributed by atoms with Crippen molar-refractivity contribution in [3.8, 4) is 11.3 Å². The number of rotatable bonds is 3. The van der Waals surface area contributed by atoms with Gasteiger partial charge < -0.3 is 10.0 Å². The van der Waals surface area contributed by atoms with Crippen LogP contribution in [-0.2, 0) is 4.79 Å². The normalized spacial score (nSPS) is 18.4. The summed E-state index contributed by atoms with van der Waals surface area (Å²) < 4.78 is 2.02. The number of nitrogens with zero attached hydrogens (tertiary/aromatic N) is 3. The van der Waals surface area contributed by atoms with E-state index in [1.807, 2.05) is 22.2 Å². The number of thiazole rings is 1. The zero-order chi connectivity index (χ0) is 15.8. The van der Waals surface area contributed by atoms with Crippen molar-refractivity contribution in [2.45, 2.75) is 12.8 Å². The third kappa shape index (κ3) is 2.70. The number of carboxylic acid groups (broad SMARTS) is 1. The summed E-state index contributed by atoms with van der Waals surface area (Å²) in [6.07, 6.45) is 5.73. The third-order valence-corrected chi connectivity index (χ3v) is 5.16. The van der Waals surface area contributed by atoms with Crippen LogP contribution in [0.4, 0.5) is 5.69 Å². The summed E-state index contributed by atoms with van der Waals surface area (Å²) in [5.41, 5.74) is 3.13. The largest absolute Gasteiger partial charge is 0.481 e. The smallest absolute Gasteiger partial charge is 0.308 e. The molecule has 0 radical (unpaired) electrons. The van der Waals surface area contributed by atoms with Gasteiger partial charge in [0.1, 0.15) is 0 Å². The Morgan fingerprint density at radius 1 is 1.30 bits per heavy atom. The summed E-state index contributed by atoms with van der Waals surface area (Å²) in [6, 6.07) is 8.25. The van der Waals surface area contributed by atoms with Crippen molar-refractivity contribution >= 4 is 28.0 Å². The molecule has 1 aliphatic rings. The van der Waals surface area contributed by atoms with Gasteiger partial charge in [-0.15, -0.1) is 11.3 Å². The van der Waals surface area contributed by atoms with Gasteiger partial charge in [0.15, 0.2) is 4.96 Å². The number of carbonyl (C=O) groups is 1. The van der Waals surface area contributed by atoms with Gasteiger partial charge >= 0.3 is 5.97 Å². The molecule has 0 aliphatic carbocycles. The minimum absolute atomic E-state index is 0.261. The first-order chi connectivity index (χ1) is 11.2. The molecule has 1 unspecified atom stereocenters. The minimum Gasteiger partial charge on any atom is -0.481 e. The molecule has 2 aromatic heterocycles. The monoisotopic (exact) mass is 327 g/mol. The van der Waals surface area contributed by atoms with Crippen LogP contribution in [-0.4, -0.2) is 33.6 Å². The van der Waals surface area contributed by atoms with Crippen LogP contribution in [0.3, 0.4) is 0 Å². The number of carboxylic acids is 1. The molecule has 0 amide bonds. The van der Waals surface area contributed by atoms with E-state index in [1.54, 1.807) is 11.3 Å². The van der Waals surface area contributed by atoms with Crippen LogP contribution in [0, 0.1) is 5.92 Å². The molecule has 118 valence electrons. The van der Waals surface area contributed by atoms with Gasteiger partial charge in [0, 0.05) is 42.1 Å². The molecular weight excluding hydrogens is 310 g/mol. The number of aliphatic carboxylic acids is 1. The molecule has 23 heavy (non-hydrogen) atoms. The molecule has 0 bridgehead atoms. The second-order valence-electron chi connectivity index (χ2n) is 5.89. The molecule has 4 rings (SSSR count). The average molecular weight is 327 g/mol. The second kappa shape index (κ2) is 5.70. The van der Waals surface area contributed by atoms with Crippen molar-refractivity contribution in [1.82, 2.24) is 9.38 Å². The number of anilines is 1. The van der Waals surface area contributed by atoms with Crippen molar-refractivity contribution in [2.24, 2.45) is 5.92 Å². The highest BCUT2D eigenvalue weighted by atomic mass is 32.1. The van der Waals surface area contributed by atoms with Crippen molar-refractivity contribution in [3.63, 3.8) is 0 Å². The maximum atomic E-state index is 11.2. The van der Waals surface area contributed by atoms with E-state index in [0.717, 1.165) is 41.3 Å². The molecule has 6 heteroatoms. The highest BCUT2D eigenvalue weighted by Crippen LogP contribution is 2.27. The Hall–Kier alpha value is -2.34. The molecule has 3 aromatic rings. The van der Waals surface area contributed by atoms with Crippen molar-refractivity contribution < 1.29 is 9.90 Å². The van der Waals surface area contributed by atoms with Crippen LogP contribution >= 0.6 is 11.3 Å². The fraction of sp³-hybridized carbons (Fsp3) is 0.294. The Kier molecular flexibility index (Phi) is 3.53. The number of benzene rings is 1. The predicted molar refractivity (Wildman–Crippen MR) is 91.1 cm³/mol. The maximum absolute atomic E-state index is 11.2. The lowest BCUT2D eigenvalue weighted by Gasteiger charge is -2.32. The van der Waals surface area contributed by atoms with Crippen LogP contribution < -0.4 is 4.90 Å². The van der Waals surface area contributed by atoms with Crippen LogP contribution in [0.15, 0.2) is 42.0 Å². The van der Waals surface area contributed by atoms with Crippen molar-refractivity contribution in [2.75, 3.05) is 18.0 Å². The van der Waals surface area contributed by atoms with Gasteiger partial charge in [-0.3, -0.25) is 9.20 Å². The van der Waals surface area contributed by atoms with E-state index in [9.17, 15) is 9.90 Å². The number of aromatic nitrogens is 2. The van der Waals surface area contributed by atoms with E-state index < -0.39 is 5.97 Å². The molecule has 5 nitrogen and oxygen atoms in total. The molecule has 0 spiro atoms. The molecule has 0 saturated carbocycles. The molecular formula is C17H17N3O2S. The minimum atomic E-state index is -0.690. The quantitative estimate of drug-likeness (QED) is 0.801. The Morgan fingerprint density at radius 3 is 2.87 bits per heavy atom. The molecule has 1 aromatic carbocycles.